The SMILES string of the molecule is NCCNCCNCCNC(=O)c1ccc(-c2c3nc(c(-c4ccncc4)c4ccc([nH]4)c(-c4ccncc4)c4nc(c(-c5ccncc5)c5ccc2[nH]5)C=C4)C=C3)cc1.[98Tc].[C-]#[O+].[C-]#[O+].[C-]#[O+]. The number of aromatic nitrogens is 7. The molecule has 0 aliphatic carbocycles. The molecule has 15 nitrogen and oxygen atoms in total. The Bertz CT molecular complexity index is 2990. The van der Waals surface area contributed by atoms with Crippen LogP contribution in [-0.2, 0) is 34.1 Å². The van der Waals surface area contributed by atoms with E-state index in [0.29, 0.717) is 25.2 Å². The first kappa shape index (κ1) is 50.5. The summed E-state index contributed by atoms with van der Waals surface area (Å²) in [4.78, 5) is 44.3. The number of nitrogens with one attached hydrogen (secondary N) is 5. The number of benzene rings is 1. The van der Waals surface area contributed by atoms with E-state index >= 15 is 0 Å². The zero-order valence-corrected chi connectivity index (χ0v) is 37.8. The third kappa shape index (κ3) is 12.0. The Labute approximate surface area is 400 Å². The summed E-state index contributed by atoms with van der Waals surface area (Å²) in [5.74, 6) is -0.132. The zero-order chi connectivity index (χ0) is 46.7. The van der Waals surface area contributed by atoms with E-state index in [1.54, 1.807) is 37.2 Å². The fraction of sp³-hybridized carbons (Fsp3) is 0.118. The first-order valence-electron chi connectivity index (χ1n) is 20.6. The molecular weight excluding hydrogens is 929 g/mol. The Morgan fingerprint density at radius 3 is 1.12 bits per heavy atom. The van der Waals surface area contributed by atoms with Gasteiger partial charge < -0.3 is 31.7 Å². The molecule has 7 N–H and O–H groups in total. The molecule has 1 amide bonds. The van der Waals surface area contributed by atoms with Gasteiger partial charge >= 0.3 is 33.9 Å². The summed E-state index contributed by atoms with van der Waals surface area (Å²) in [7, 11) is 0. The molecule has 9 rings (SSSR count). The van der Waals surface area contributed by atoms with E-state index in [4.69, 9.17) is 29.7 Å². The molecule has 0 spiro atoms. The van der Waals surface area contributed by atoms with E-state index in [1.807, 2.05) is 60.7 Å². The van der Waals surface area contributed by atoms with Gasteiger partial charge in [0.05, 0.1) is 22.8 Å². The van der Waals surface area contributed by atoms with E-state index in [-0.39, 0.29) is 26.0 Å². The molecule has 7 aromatic rings. The van der Waals surface area contributed by atoms with Gasteiger partial charge in [0, 0.05) is 146 Å². The molecule has 0 unspecified atom stereocenters. The fourth-order valence-electron chi connectivity index (χ4n) is 7.66. The van der Waals surface area contributed by atoms with Crippen molar-refractivity contribution in [2.45, 2.75) is 0 Å². The number of hydrogen-bond donors (Lipinski definition) is 6. The van der Waals surface area contributed by atoms with Gasteiger partial charge in [0.2, 0.25) is 0 Å². The van der Waals surface area contributed by atoms with Crippen LogP contribution in [0, 0.1) is 20.0 Å². The van der Waals surface area contributed by atoms with Gasteiger partial charge in [-0.3, -0.25) is 19.7 Å². The van der Waals surface area contributed by atoms with Crippen molar-refractivity contribution in [1.82, 2.24) is 50.8 Å². The van der Waals surface area contributed by atoms with Crippen LogP contribution >= 0.6 is 0 Å². The molecule has 0 fully saturated rings. The standard InChI is InChI=1S/C48H43N11O.3CO.Tc/c49-19-26-53-27-28-54-29-30-55-48(60)35-3-1-31(2-4-35)44-36-5-7-38(56-36)45(32-13-20-50-21-14-32)40-9-11-42(58-40)47(34-17-24-52-25-18-34)43-12-10-41(59-43)46(33-15-22-51-23-16-33)39-8-6-37(44)57-39;3*1-2;/h1-18,20-25,53-54,56,59H,19,26-30,49H2,(H,55,60);;;;/i;;;;1+0. The zero-order valence-electron chi connectivity index (χ0n) is 35.9. The Kier molecular flexibility index (Phi) is 19.5. The minimum atomic E-state index is -0.132. The fourth-order valence-corrected chi connectivity index (χ4v) is 7.66. The molecular formula is C51H43N11O4Tc. The van der Waals surface area contributed by atoms with Crippen molar-refractivity contribution in [2.24, 2.45) is 5.73 Å². The van der Waals surface area contributed by atoms with Gasteiger partial charge in [0.25, 0.3) is 5.91 Å². The van der Waals surface area contributed by atoms with Crippen LogP contribution in [0.3, 0.4) is 0 Å². The molecule has 0 atom stereocenters. The number of amides is 1. The number of hydrogen-bond acceptors (Lipinski definition) is 9. The third-order valence-corrected chi connectivity index (χ3v) is 10.5. The van der Waals surface area contributed by atoms with Crippen molar-refractivity contribution in [3.8, 4) is 44.5 Å². The molecule has 67 heavy (non-hydrogen) atoms. The van der Waals surface area contributed by atoms with Crippen LogP contribution in [0.25, 0.3) is 90.9 Å². The van der Waals surface area contributed by atoms with Crippen LogP contribution < -0.4 is 21.7 Å². The predicted molar refractivity (Wildman–Crippen MR) is 253 cm³/mol. The normalized spacial score (nSPS) is 10.7. The predicted octanol–water partition coefficient (Wildman–Crippen LogP) is 7.26. The number of carbonyl (C=O) groups is 1. The summed E-state index contributed by atoms with van der Waals surface area (Å²) >= 11 is 0. The molecule has 6 aromatic heterocycles. The van der Waals surface area contributed by atoms with Crippen LogP contribution in [0.2, 0.25) is 0 Å². The van der Waals surface area contributed by atoms with E-state index in [2.05, 4.69) is 109 Å². The average Bonchev–Trinajstić information content (AvgIpc) is 4.24. The van der Waals surface area contributed by atoms with Crippen LogP contribution in [0.15, 0.2) is 122 Å². The monoisotopic (exact) mass is 971 g/mol. The van der Waals surface area contributed by atoms with Gasteiger partial charge in [-0.1, -0.05) is 12.1 Å². The van der Waals surface area contributed by atoms with E-state index < -0.39 is 0 Å². The topological polar surface area (TPSA) is 235 Å². The summed E-state index contributed by atoms with van der Waals surface area (Å²) in [6, 6.07) is 28.1. The number of carbonyl (C=O) groups excluding carboxylic acids is 1. The second-order valence-corrected chi connectivity index (χ2v) is 14.3. The van der Waals surface area contributed by atoms with Crippen molar-refractivity contribution in [1.29, 1.82) is 0 Å². The Morgan fingerprint density at radius 2 is 0.776 bits per heavy atom. The molecule has 16 heteroatoms. The number of pyridine rings is 3. The second kappa shape index (κ2) is 25.8. The van der Waals surface area contributed by atoms with Crippen molar-refractivity contribution >= 4 is 52.3 Å². The van der Waals surface area contributed by atoms with Crippen molar-refractivity contribution < 1.29 is 38.9 Å². The van der Waals surface area contributed by atoms with Crippen LogP contribution in [0.4, 0.5) is 0 Å². The summed E-state index contributed by atoms with van der Waals surface area (Å²) in [6.45, 7) is 17.7. The van der Waals surface area contributed by atoms with E-state index in [9.17, 15) is 4.79 Å². The Morgan fingerprint density at radius 1 is 0.463 bits per heavy atom. The maximum absolute atomic E-state index is 13.2. The van der Waals surface area contributed by atoms with Gasteiger partial charge in [0.15, 0.2) is 0 Å². The Hall–Kier alpha value is -7.51. The number of aromatic amines is 2. The van der Waals surface area contributed by atoms with Gasteiger partial charge in [-0.15, -0.1) is 0 Å². The second-order valence-electron chi connectivity index (χ2n) is 14.3. The number of rotatable bonds is 13. The minimum absolute atomic E-state index is 0. The molecule has 333 valence electrons. The molecule has 1 aromatic carbocycles. The van der Waals surface area contributed by atoms with Crippen molar-refractivity contribution in [3.05, 3.63) is 170 Å². The van der Waals surface area contributed by atoms with Gasteiger partial charge in [-0.25, -0.2) is 9.97 Å². The number of nitrogens with zero attached hydrogens (tertiary/aromatic N) is 5. The molecule has 8 bridgehead atoms. The summed E-state index contributed by atoms with van der Waals surface area (Å²) in [6.07, 6.45) is 19.0. The molecule has 2 aliphatic heterocycles. The van der Waals surface area contributed by atoms with Crippen LogP contribution in [0.1, 0.15) is 33.1 Å². The van der Waals surface area contributed by atoms with Crippen molar-refractivity contribution in [3.63, 3.8) is 0 Å². The average molecular weight is 972 g/mol. The van der Waals surface area contributed by atoms with Crippen molar-refractivity contribution in [2.75, 3.05) is 39.3 Å². The third-order valence-electron chi connectivity index (χ3n) is 10.5. The molecule has 8 heterocycles. The maximum atomic E-state index is 13.2. The van der Waals surface area contributed by atoms with Gasteiger partial charge in [-0.2, -0.15) is 0 Å². The summed E-state index contributed by atoms with van der Waals surface area (Å²) in [5, 5.41) is 9.61. The molecule has 1 radical (unpaired) electrons. The number of H-pyrrole nitrogens is 2. The van der Waals surface area contributed by atoms with E-state index in [1.165, 1.54) is 0 Å². The first-order valence-corrected chi connectivity index (χ1v) is 20.6. The number of fused-ring (bicyclic) bond motifs is 8. The first-order chi connectivity index (χ1) is 32.6. The summed E-state index contributed by atoms with van der Waals surface area (Å²) < 4.78 is 22.5. The molecule has 0 saturated heterocycles. The molecule has 0 saturated carbocycles. The van der Waals surface area contributed by atoms with Crippen LogP contribution in [-0.4, -0.2) is 80.1 Å². The summed E-state index contributed by atoms with van der Waals surface area (Å²) in [5.41, 5.74) is 20.4. The number of nitrogens with two attached hydrogens (primary N) is 1. The van der Waals surface area contributed by atoms with Crippen LogP contribution in [0.5, 0.6) is 0 Å². The molecule has 2 aliphatic rings. The Balaban J connectivity index is 0.00000115. The quantitative estimate of drug-likeness (QED) is 0.0387. The van der Waals surface area contributed by atoms with Gasteiger partial charge in [0.1, 0.15) is 0 Å². The van der Waals surface area contributed by atoms with Gasteiger partial charge in [-0.05, 0) is 119 Å². The van der Waals surface area contributed by atoms with E-state index in [0.717, 1.165) is 109 Å².